The summed E-state index contributed by atoms with van der Waals surface area (Å²) in [5.74, 6) is 5.48. The first-order valence-corrected chi connectivity index (χ1v) is 8.26. The Morgan fingerprint density at radius 1 is 0.828 bits per heavy atom. The highest BCUT2D eigenvalue weighted by atomic mass is 19.4. The van der Waals surface area contributed by atoms with Crippen molar-refractivity contribution in [2.75, 3.05) is 0 Å². The van der Waals surface area contributed by atoms with Gasteiger partial charge in [0.1, 0.15) is 12.4 Å². The summed E-state index contributed by atoms with van der Waals surface area (Å²) in [6, 6.07) is 11.5. The summed E-state index contributed by atoms with van der Waals surface area (Å²) in [4.78, 5) is 0. The Morgan fingerprint density at radius 2 is 1.41 bits per heavy atom. The van der Waals surface area contributed by atoms with Crippen LogP contribution in [0.2, 0.25) is 0 Å². The van der Waals surface area contributed by atoms with E-state index in [1.807, 2.05) is 0 Å². The highest BCUT2D eigenvalue weighted by Crippen LogP contribution is 2.37. The number of hydrogen-bond acceptors (Lipinski definition) is 3. The van der Waals surface area contributed by atoms with Crippen LogP contribution in [0.25, 0.3) is 10.8 Å². The van der Waals surface area contributed by atoms with Crippen LogP contribution in [0.1, 0.15) is 22.3 Å². The van der Waals surface area contributed by atoms with Crippen molar-refractivity contribution < 1.29 is 31.1 Å². The summed E-state index contributed by atoms with van der Waals surface area (Å²) in [7, 11) is 0. The molecule has 9 heteroatoms. The predicted octanol–water partition coefficient (Wildman–Crippen LogP) is 5.75. The number of halogens is 6. The molecule has 152 valence electrons. The number of alkyl halides is 6. The Bertz CT molecular complexity index is 1020. The summed E-state index contributed by atoms with van der Waals surface area (Å²) in [5, 5.41) is 4.81. The standard InChI is InChI=1S/C20H14F6N2O/c21-19(22,23)14-7-12(8-15(9-14)20(24,25)26)11-29-18-6-5-13(10-28-27)16-3-1-2-4-17(16)18/h1-10H,11,27H2. The molecule has 3 rings (SSSR count). The molecule has 3 aromatic rings. The zero-order chi connectivity index (χ0) is 21.2. The van der Waals surface area contributed by atoms with Crippen molar-refractivity contribution in [3.8, 4) is 5.75 Å². The average molecular weight is 412 g/mol. The zero-order valence-corrected chi connectivity index (χ0v) is 14.7. The van der Waals surface area contributed by atoms with Crippen molar-refractivity contribution in [2.24, 2.45) is 10.9 Å². The van der Waals surface area contributed by atoms with E-state index in [-0.39, 0.29) is 11.6 Å². The van der Waals surface area contributed by atoms with E-state index in [2.05, 4.69) is 5.10 Å². The second-order valence-electron chi connectivity index (χ2n) is 6.18. The summed E-state index contributed by atoms with van der Waals surface area (Å²) in [6.45, 7) is -0.471. The van der Waals surface area contributed by atoms with Crippen molar-refractivity contribution in [2.45, 2.75) is 19.0 Å². The van der Waals surface area contributed by atoms with E-state index in [4.69, 9.17) is 10.6 Å². The van der Waals surface area contributed by atoms with Crippen LogP contribution in [0.3, 0.4) is 0 Å². The molecule has 0 spiro atoms. The molecule has 3 nitrogen and oxygen atoms in total. The Labute approximate surface area is 161 Å². The lowest BCUT2D eigenvalue weighted by Crippen LogP contribution is -2.12. The van der Waals surface area contributed by atoms with Crippen molar-refractivity contribution in [1.82, 2.24) is 0 Å². The molecule has 29 heavy (non-hydrogen) atoms. The van der Waals surface area contributed by atoms with Crippen molar-refractivity contribution in [3.05, 3.63) is 76.9 Å². The third-order valence-electron chi connectivity index (χ3n) is 4.17. The topological polar surface area (TPSA) is 47.6 Å². The minimum absolute atomic E-state index is 0.0832. The molecule has 2 N–H and O–H groups in total. The van der Waals surface area contributed by atoms with E-state index in [1.54, 1.807) is 36.4 Å². The lowest BCUT2D eigenvalue weighted by atomic mass is 10.0. The van der Waals surface area contributed by atoms with Gasteiger partial charge in [-0.25, -0.2) is 0 Å². The molecule has 0 amide bonds. The minimum atomic E-state index is -4.91. The molecule has 0 atom stereocenters. The molecule has 0 aliphatic rings. The van der Waals surface area contributed by atoms with E-state index < -0.39 is 30.1 Å². The maximum absolute atomic E-state index is 13.0. The van der Waals surface area contributed by atoms with Crippen LogP contribution in [0.15, 0.2) is 59.7 Å². The van der Waals surface area contributed by atoms with Gasteiger partial charge in [-0.1, -0.05) is 24.3 Å². The minimum Gasteiger partial charge on any atom is -0.488 e. The van der Waals surface area contributed by atoms with Gasteiger partial charge in [0, 0.05) is 10.9 Å². The van der Waals surface area contributed by atoms with Gasteiger partial charge < -0.3 is 10.6 Å². The molecule has 0 bridgehead atoms. The van der Waals surface area contributed by atoms with Crippen molar-refractivity contribution >= 4 is 17.0 Å². The fourth-order valence-electron chi connectivity index (χ4n) is 2.88. The Hall–Kier alpha value is -3.23. The number of ether oxygens (including phenoxy) is 1. The quantitative estimate of drug-likeness (QED) is 0.257. The van der Waals surface area contributed by atoms with Crippen molar-refractivity contribution in [1.29, 1.82) is 0 Å². The van der Waals surface area contributed by atoms with Crippen LogP contribution in [0, 0.1) is 0 Å². The number of nitrogens with zero attached hydrogens (tertiary/aromatic N) is 1. The number of benzene rings is 3. The Morgan fingerprint density at radius 3 is 1.97 bits per heavy atom. The van der Waals surface area contributed by atoms with Gasteiger partial charge in [-0.15, -0.1) is 0 Å². The van der Waals surface area contributed by atoms with Crippen LogP contribution in [-0.4, -0.2) is 6.21 Å². The van der Waals surface area contributed by atoms with E-state index in [0.29, 0.717) is 28.8 Å². The van der Waals surface area contributed by atoms with Gasteiger partial charge in [-0.2, -0.15) is 31.4 Å². The summed E-state index contributed by atoms with van der Waals surface area (Å²) in [5.41, 5.74) is -2.33. The van der Waals surface area contributed by atoms with E-state index >= 15 is 0 Å². The van der Waals surface area contributed by atoms with Crippen LogP contribution in [0.5, 0.6) is 5.75 Å². The van der Waals surface area contributed by atoms with Crippen LogP contribution < -0.4 is 10.6 Å². The molecule has 0 radical (unpaired) electrons. The maximum Gasteiger partial charge on any atom is 0.416 e. The number of rotatable bonds is 4. The molecule has 0 aliphatic heterocycles. The van der Waals surface area contributed by atoms with E-state index in [9.17, 15) is 26.3 Å². The van der Waals surface area contributed by atoms with Gasteiger partial charge in [0.25, 0.3) is 0 Å². The lowest BCUT2D eigenvalue weighted by Gasteiger charge is -2.15. The second-order valence-corrected chi connectivity index (χ2v) is 6.18. The molecular weight excluding hydrogens is 398 g/mol. The normalized spacial score (nSPS) is 12.6. The summed E-state index contributed by atoms with van der Waals surface area (Å²) < 4.78 is 83.5. The first-order chi connectivity index (χ1) is 13.6. The summed E-state index contributed by atoms with van der Waals surface area (Å²) >= 11 is 0. The smallest absolute Gasteiger partial charge is 0.416 e. The Balaban J connectivity index is 1.97. The van der Waals surface area contributed by atoms with E-state index in [1.165, 1.54) is 6.21 Å². The molecular formula is C20H14F6N2O. The fourth-order valence-corrected chi connectivity index (χ4v) is 2.88. The molecule has 0 saturated heterocycles. The maximum atomic E-state index is 13.0. The molecule has 0 unspecified atom stereocenters. The predicted molar refractivity (Wildman–Crippen MR) is 96.5 cm³/mol. The largest absolute Gasteiger partial charge is 0.488 e. The molecule has 0 aliphatic carbocycles. The highest BCUT2D eigenvalue weighted by molar-refractivity contribution is 6.02. The number of hydrogen-bond donors (Lipinski definition) is 1. The second kappa shape index (κ2) is 7.65. The number of hydrazone groups is 1. The molecule has 0 aromatic heterocycles. The first kappa shape index (κ1) is 20.5. The van der Waals surface area contributed by atoms with Gasteiger partial charge >= 0.3 is 12.4 Å². The van der Waals surface area contributed by atoms with Gasteiger partial charge in [0.2, 0.25) is 0 Å². The van der Waals surface area contributed by atoms with E-state index in [0.717, 1.165) is 5.39 Å². The molecule has 0 saturated carbocycles. The lowest BCUT2D eigenvalue weighted by molar-refractivity contribution is -0.143. The fraction of sp³-hybridized carbons (Fsp3) is 0.150. The monoisotopic (exact) mass is 412 g/mol. The number of fused-ring (bicyclic) bond motifs is 1. The third kappa shape index (κ3) is 4.61. The van der Waals surface area contributed by atoms with Crippen molar-refractivity contribution in [3.63, 3.8) is 0 Å². The molecule has 0 heterocycles. The highest BCUT2D eigenvalue weighted by Gasteiger charge is 2.36. The van der Waals surface area contributed by atoms with Crippen LogP contribution in [-0.2, 0) is 19.0 Å². The summed E-state index contributed by atoms with van der Waals surface area (Å²) in [6.07, 6.45) is -8.40. The average Bonchev–Trinajstić information content (AvgIpc) is 2.66. The van der Waals surface area contributed by atoms with Gasteiger partial charge in [-0.05, 0) is 41.3 Å². The Kier molecular flexibility index (Phi) is 5.41. The zero-order valence-electron chi connectivity index (χ0n) is 14.7. The molecule has 3 aromatic carbocycles. The SMILES string of the molecule is NN=Cc1ccc(OCc2cc(C(F)(F)F)cc(C(F)(F)F)c2)c2ccccc12. The van der Waals surface area contributed by atoms with Gasteiger partial charge in [-0.3, -0.25) is 0 Å². The van der Waals surface area contributed by atoms with Crippen LogP contribution in [0.4, 0.5) is 26.3 Å². The molecule has 0 fully saturated rings. The van der Waals surface area contributed by atoms with Gasteiger partial charge in [0.05, 0.1) is 17.3 Å². The van der Waals surface area contributed by atoms with Crippen LogP contribution >= 0.6 is 0 Å². The number of nitrogens with two attached hydrogens (primary N) is 1. The van der Waals surface area contributed by atoms with Gasteiger partial charge in [0.15, 0.2) is 0 Å². The third-order valence-corrected chi connectivity index (χ3v) is 4.17. The first-order valence-electron chi connectivity index (χ1n) is 8.26.